The summed E-state index contributed by atoms with van der Waals surface area (Å²) >= 11 is 0. The predicted molar refractivity (Wildman–Crippen MR) is 341 cm³/mol. The van der Waals surface area contributed by atoms with Crippen molar-refractivity contribution in [2.24, 2.45) is 0 Å². The maximum Gasteiger partial charge on any atom is 0.220 e. The van der Waals surface area contributed by atoms with Crippen molar-refractivity contribution >= 4 is 5.91 Å². The van der Waals surface area contributed by atoms with Crippen LogP contribution in [0.3, 0.4) is 0 Å². The zero-order valence-electron chi connectivity index (χ0n) is 52.3. The molecule has 4 nitrogen and oxygen atoms in total. The number of carbonyl (C=O) groups is 1. The van der Waals surface area contributed by atoms with Crippen molar-refractivity contribution in [3.63, 3.8) is 0 Å². The van der Waals surface area contributed by atoms with E-state index in [4.69, 9.17) is 0 Å². The van der Waals surface area contributed by atoms with E-state index >= 15 is 0 Å². The zero-order valence-corrected chi connectivity index (χ0v) is 52.3. The van der Waals surface area contributed by atoms with E-state index in [1.807, 2.05) is 0 Å². The molecule has 0 aromatic carbocycles. The highest BCUT2D eigenvalue weighted by Gasteiger charge is 2.20. The first-order valence-corrected chi connectivity index (χ1v) is 35.5. The molecule has 0 saturated carbocycles. The number of carbonyl (C=O) groups excluding carboxylic acids is 1. The number of hydrogen-bond acceptors (Lipinski definition) is 3. The maximum absolute atomic E-state index is 12.6. The molecule has 452 valence electrons. The molecule has 0 heterocycles. The van der Waals surface area contributed by atoms with Gasteiger partial charge in [0.1, 0.15) is 0 Å². The Morgan fingerprint density at radius 3 is 0.789 bits per heavy atom. The van der Waals surface area contributed by atoms with Crippen molar-refractivity contribution in [2.45, 2.75) is 424 Å². The summed E-state index contributed by atoms with van der Waals surface area (Å²) in [6.07, 6.45) is 92.4. The molecule has 0 aromatic rings. The maximum atomic E-state index is 12.6. The van der Waals surface area contributed by atoms with Gasteiger partial charge in [-0.2, -0.15) is 0 Å². The summed E-state index contributed by atoms with van der Waals surface area (Å²) in [5.74, 6) is -0.0215. The van der Waals surface area contributed by atoms with Crippen LogP contribution < -0.4 is 5.32 Å². The third-order valence-corrected chi connectivity index (χ3v) is 17.0. The van der Waals surface area contributed by atoms with Gasteiger partial charge in [0, 0.05) is 6.42 Å². The molecule has 0 aliphatic heterocycles. The lowest BCUT2D eigenvalue weighted by atomic mass is 10.0. The Labute approximate surface area is 479 Å². The Morgan fingerprint density at radius 1 is 0.316 bits per heavy atom. The van der Waals surface area contributed by atoms with E-state index < -0.39 is 12.1 Å². The van der Waals surface area contributed by atoms with Crippen molar-refractivity contribution in [3.8, 4) is 0 Å². The fraction of sp³-hybridized carbons (Fsp3) is 0.931. The lowest BCUT2D eigenvalue weighted by Crippen LogP contribution is -2.45. The standard InChI is InChI=1S/C72H141NO3/c1-3-5-7-9-11-13-15-17-19-21-23-25-27-29-31-33-35-36-38-40-42-44-46-48-50-52-54-56-58-60-62-64-66-68-72(76)73-70(69-74)71(75)67-65-63-61-59-57-55-53-51-49-47-45-43-41-39-37-34-32-30-28-26-24-22-20-18-16-14-12-10-8-6-4-2/h15,17,21,23,70-71,74-75H,3-14,16,18-20,22,24-69H2,1-2H3,(H,73,76)/b17-15-,23-21-. The van der Waals surface area contributed by atoms with E-state index in [1.54, 1.807) is 0 Å². The highest BCUT2D eigenvalue weighted by Crippen LogP contribution is 2.20. The normalized spacial score (nSPS) is 12.7. The van der Waals surface area contributed by atoms with Crippen molar-refractivity contribution in [1.82, 2.24) is 5.32 Å². The van der Waals surface area contributed by atoms with Crippen molar-refractivity contribution in [1.29, 1.82) is 0 Å². The van der Waals surface area contributed by atoms with Crippen LogP contribution in [0.1, 0.15) is 412 Å². The molecule has 1 amide bonds. The SMILES string of the molecule is CCCCCCC/C=C\C/C=C\CCCCCCCCCCCCCCCCCCCCCCCC(=O)NC(CO)C(O)CCCCCCCCCCCCCCCCCCCCCCCCCCCCCCCCC. The van der Waals surface area contributed by atoms with Crippen molar-refractivity contribution in [2.75, 3.05) is 6.61 Å². The molecule has 0 bridgehead atoms. The zero-order chi connectivity index (χ0) is 54.8. The molecule has 0 saturated heterocycles. The van der Waals surface area contributed by atoms with Crippen LogP contribution in [0, 0.1) is 0 Å². The van der Waals surface area contributed by atoms with Crippen LogP contribution in [0.4, 0.5) is 0 Å². The minimum atomic E-state index is -0.659. The van der Waals surface area contributed by atoms with E-state index in [0.29, 0.717) is 12.8 Å². The van der Waals surface area contributed by atoms with Gasteiger partial charge < -0.3 is 15.5 Å². The number of rotatable bonds is 67. The monoisotopic (exact) mass is 1070 g/mol. The van der Waals surface area contributed by atoms with Crippen molar-refractivity contribution < 1.29 is 15.0 Å². The van der Waals surface area contributed by atoms with Gasteiger partial charge in [0.15, 0.2) is 0 Å². The molecule has 0 aliphatic rings. The number of nitrogens with one attached hydrogen (secondary N) is 1. The summed E-state index contributed by atoms with van der Waals surface area (Å²) in [7, 11) is 0. The minimum absolute atomic E-state index is 0.0215. The van der Waals surface area contributed by atoms with E-state index in [9.17, 15) is 15.0 Å². The Bertz CT molecular complexity index is 1120. The molecule has 2 unspecified atom stereocenters. The first kappa shape index (κ1) is 74.9. The highest BCUT2D eigenvalue weighted by atomic mass is 16.3. The quantitative estimate of drug-likeness (QED) is 0.0420. The molecule has 0 spiro atoms. The van der Waals surface area contributed by atoms with E-state index in [0.717, 1.165) is 32.1 Å². The summed E-state index contributed by atoms with van der Waals surface area (Å²) in [5, 5.41) is 23.5. The third-order valence-electron chi connectivity index (χ3n) is 17.0. The molecule has 2 atom stereocenters. The van der Waals surface area contributed by atoms with Crippen LogP contribution in [0.2, 0.25) is 0 Å². The Kier molecular flexibility index (Phi) is 67.1. The van der Waals surface area contributed by atoms with Gasteiger partial charge in [0.05, 0.1) is 18.8 Å². The van der Waals surface area contributed by atoms with Crippen LogP contribution in [0.25, 0.3) is 0 Å². The van der Waals surface area contributed by atoms with Gasteiger partial charge in [-0.15, -0.1) is 0 Å². The minimum Gasteiger partial charge on any atom is -0.394 e. The van der Waals surface area contributed by atoms with Crippen LogP contribution in [0.15, 0.2) is 24.3 Å². The van der Waals surface area contributed by atoms with Crippen LogP contribution >= 0.6 is 0 Å². The number of unbranched alkanes of at least 4 members (excludes halogenated alkanes) is 56. The molecule has 3 N–H and O–H groups in total. The van der Waals surface area contributed by atoms with Gasteiger partial charge in [0.25, 0.3) is 0 Å². The molecule has 0 rings (SSSR count). The Balaban J connectivity index is 3.37. The van der Waals surface area contributed by atoms with Gasteiger partial charge in [-0.05, 0) is 44.9 Å². The average molecular weight is 1070 g/mol. The molecular weight excluding hydrogens is 927 g/mol. The first-order chi connectivity index (χ1) is 37.7. The van der Waals surface area contributed by atoms with Crippen LogP contribution in [-0.2, 0) is 4.79 Å². The van der Waals surface area contributed by atoms with E-state index in [-0.39, 0.29) is 12.5 Å². The van der Waals surface area contributed by atoms with Gasteiger partial charge in [-0.25, -0.2) is 0 Å². The summed E-state index contributed by atoms with van der Waals surface area (Å²) in [5.41, 5.74) is 0. The number of aliphatic hydroxyl groups excluding tert-OH is 2. The molecule has 76 heavy (non-hydrogen) atoms. The Morgan fingerprint density at radius 2 is 0.539 bits per heavy atom. The van der Waals surface area contributed by atoms with E-state index in [1.165, 1.54) is 353 Å². The molecule has 0 fully saturated rings. The summed E-state index contributed by atoms with van der Waals surface area (Å²) < 4.78 is 0. The molecule has 4 heteroatoms. The number of hydrogen-bond donors (Lipinski definition) is 3. The summed E-state index contributed by atoms with van der Waals surface area (Å²) in [6.45, 7) is 4.40. The van der Waals surface area contributed by atoms with Gasteiger partial charge in [0.2, 0.25) is 5.91 Å². The largest absolute Gasteiger partial charge is 0.394 e. The predicted octanol–water partition coefficient (Wildman–Crippen LogP) is 24.2. The Hall–Kier alpha value is -1.13. The van der Waals surface area contributed by atoms with Crippen molar-refractivity contribution in [3.05, 3.63) is 24.3 Å². The molecule has 0 radical (unpaired) electrons. The second-order valence-corrected chi connectivity index (χ2v) is 24.7. The second-order valence-electron chi connectivity index (χ2n) is 24.7. The number of amides is 1. The molecular formula is C72H141NO3. The summed E-state index contributed by atoms with van der Waals surface area (Å²) in [4.78, 5) is 12.6. The summed E-state index contributed by atoms with van der Waals surface area (Å²) in [6, 6.07) is -0.535. The lowest BCUT2D eigenvalue weighted by Gasteiger charge is -2.22. The topological polar surface area (TPSA) is 69.6 Å². The second kappa shape index (κ2) is 68.1. The van der Waals surface area contributed by atoms with Crippen LogP contribution in [-0.4, -0.2) is 34.9 Å². The average Bonchev–Trinajstić information content (AvgIpc) is 3.42. The number of aliphatic hydroxyl groups is 2. The fourth-order valence-corrected chi connectivity index (χ4v) is 11.6. The van der Waals surface area contributed by atoms with Crippen LogP contribution in [0.5, 0.6) is 0 Å². The first-order valence-electron chi connectivity index (χ1n) is 35.5. The smallest absolute Gasteiger partial charge is 0.220 e. The van der Waals surface area contributed by atoms with Gasteiger partial charge in [-0.3, -0.25) is 4.79 Å². The third kappa shape index (κ3) is 63.7. The molecule has 0 aromatic heterocycles. The van der Waals surface area contributed by atoms with Gasteiger partial charge >= 0.3 is 0 Å². The molecule has 0 aliphatic carbocycles. The lowest BCUT2D eigenvalue weighted by molar-refractivity contribution is -0.123. The fourth-order valence-electron chi connectivity index (χ4n) is 11.6. The van der Waals surface area contributed by atoms with Gasteiger partial charge in [-0.1, -0.05) is 385 Å². The van der Waals surface area contributed by atoms with E-state index in [2.05, 4.69) is 43.5 Å². The number of allylic oxidation sites excluding steroid dienone is 4. The highest BCUT2D eigenvalue weighted by molar-refractivity contribution is 5.76.